The van der Waals surface area contributed by atoms with Crippen molar-refractivity contribution in [1.82, 2.24) is 10.2 Å². The van der Waals surface area contributed by atoms with E-state index in [1.807, 2.05) is 12.1 Å². The van der Waals surface area contributed by atoms with E-state index in [1.165, 1.54) is 44.8 Å². The first-order valence-corrected chi connectivity index (χ1v) is 8.43. The van der Waals surface area contributed by atoms with Gasteiger partial charge in [-0.25, -0.2) is 4.39 Å². The fourth-order valence-corrected chi connectivity index (χ4v) is 3.60. The predicted octanol–water partition coefficient (Wildman–Crippen LogP) is 3.22. The highest BCUT2D eigenvalue weighted by atomic mass is 19.1. The normalized spacial score (nSPS) is 24.2. The minimum Gasteiger partial charge on any atom is -0.316 e. The Morgan fingerprint density at radius 1 is 1.33 bits per heavy atom. The summed E-state index contributed by atoms with van der Waals surface area (Å²) in [6.45, 7) is 5.85. The van der Waals surface area contributed by atoms with Crippen LogP contribution in [0.2, 0.25) is 0 Å². The zero-order chi connectivity index (χ0) is 14.7. The second-order valence-electron chi connectivity index (χ2n) is 6.82. The van der Waals surface area contributed by atoms with Crippen molar-refractivity contribution in [3.8, 4) is 0 Å². The Hall–Kier alpha value is -0.930. The average Bonchev–Trinajstić information content (AvgIpc) is 3.30. The first kappa shape index (κ1) is 15.0. The van der Waals surface area contributed by atoms with Crippen LogP contribution in [0.4, 0.5) is 4.39 Å². The van der Waals surface area contributed by atoms with Crippen LogP contribution in [0, 0.1) is 11.7 Å². The van der Waals surface area contributed by atoms with Crippen molar-refractivity contribution in [1.29, 1.82) is 0 Å². The largest absolute Gasteiger partial charge is 0.316 e. The molecule has 1 heterocycles. The summed E-state index contributed by atoms with van der Waals surface area (Å²) in [7, 11) is 0. The Bertz CT molecular complexity index is 452. The summed E-state index contributed by atoms with van der Waals surface area (Å²) in [6.07, 6.45) is 6.29. The second kappa shape index (κ2) is 6.89. The molecule has 2 unspecified atom stereocenters. The number of nitrogens with one attached hydrogen (secondary N) is 1. The van der Waals surface area contributed by atoms with Crippen LogP contribution in [-0.2, 0) is 6.42 Å². The van der Waals surface area contributed by atoms with Crippen LogP contribution in [0.3, 0.4) is 0 Å². The summed E-state index contributed by atoms with van der Waals surface area (Å²) in [6, 6.07) is 8.36. The molecular weight excluding hydrogens is 263 g/mol. The van der Waals surface area contributed by atoms with Crippen molar-refractivity contribution >= 4 is 0 Å². The molecule has 1 N–H and O–H groups in total. The van der Waals surface area contributed by atoms with Crippen LogP contribution in [0.15, 0.2) is 24.3 Å². The Kier molecular flexibility index (Phi) is 4.91. The van der Waals surface area contributed by atoms with E-state index in [0.29, 0.717) is 6.04 Å². The minimum absolute atomic E-state index is 0.117. The van der Waals surface area contributed by atoms with Crippen molar-refractivity contribution in [2.45, 2.75) is 51.1 Å². The topological polar surface area (TPSA) is 15.3 Å². The van der Waals surface area contributed by atoms with Gasteiger partial charge in [0.2, 0.25) is 0 Å². The number of hydrogen-bond acceptors (Lipinski definition) is 2. The van der Waals surface area contributed by atoms with Crippen molar-refractivity contribution in [2.24, 2.45) is 5.92 Å². The van der Waals surface area contributed by atoms with Crippen LogP contribution < -0.4 is 5.32 Å². The van der Waals surface area contributed by atoms with Crippen molar-refractivity contribution < 1.29 is 4.39 Å². The Balaban J connectivity index is 1.60. The highest BCUT2D eigenvalue weighted by molar-refractivity contribution is 5.17. The molecule has 0 radical (unpaired) electrons. The highest BCUT2D eigenvalue weighted by Gasteiger charge is 2.33. The minimum atomic E-state index is -0.117. The van der Waals surface area contributed by atoms with E-state index in [4.69, 9.17) is 0 Å². The maximum Gasteiger partial charge on any atom is 0.123 e. The van der Waals surface area contributed by atoms with Gasteiger partial charge in [-0.2, -0.15) is 0 Å². The van der Waals surface area contributed by atoms with E-state index in [0.717, 1.165) is 30.5 Å². The van der Waals surface area contributed by atoms with Gasteiger partial charge in [0.05, 0.1) is 0 Å². The van der Waals surface area contributed by atoms with Gasteiger partial charge < -0.3 is 5.32 Å². The molecule has 116 valence electrons. The van der Waals surface area contributed by atoms with Gasteiger partial charge in [0.25, 0.3) is 0 Å². The Morgan fingerprint density at radius 3 is 2.86 bits per heavy atom. The quantitative estimate of drug-likeness (QED) is 0.865. The van der Waals surface area contributed by atoms with E-state index in [2.05, 4.69) is 17.1 Å². The van der Waals surface area contributed by atoms with Crippen LogP contribution >= 0.6 is 0 Å². The number of piperidine rings is 1. The lowest BCUT2D eigenvalue weighted by molar-refractivity contribution is 0.153. The van der Waals surface area contributed by atoms with Gasteiger partial charge in [-0.1, -0.05) is 12.1 Å². The summed E-state index contributed by atoms with van der Waals surface area (Å²) in [5.41, 5.74) is 1.12. The zero-order valence-electron chi connectivity index (χ0n) is 13.0. The number of nitrogens with zero attached hydrogens (tertiary/aromatic N) is 1. The molecule has 2 atom stereocenters. The standard InChI is InChI=1S/C18H27FN2/c1-14(10-15-4-2-6-17(19)11-15)21(18-7-8-18)13-16-5-3-9-20-12-16/h2,4,6,11,14,16,18,20H,3,5,7-10,12-13H2,1H3. The summed E-state index contributed by atoms with van der Waals surface area (Å²) in [4.78, 5) is 2.68. The molecule has 0 aromatic heterocycles. The van der Waals surface area contributed by atoms with Crippen molar-refractivity contribution in [3.63, 3.8) is 0 Å². The number of benzene rings is 1. The average molecular weight is 290 g/mol. The fourth-order valence-electron chi connectivity index (χ4n) is 3.60. The lowest BCUT2D eigenvalue weighted by Crippen LogP contribution is -2.44. The first-order chi connectivity index (χ1) is 10.2. The van der Waals surface area contributed by atoms with Gasteiger partial charge in [-0.15, -0.1) is 0 Å². The zero-order valence-corrected chi connectivity index (χ0v) is 13.0. The van der Waals surface area contributed by atoms with E-state index in [1.54, 1.807) is 6.07 Å². The molecule has 1 saturated heterocycles. The Morgan fingerprint density at radius 2 is 2.19 bits per heavy atom. The van der Waals surface area contributed by atoms with Crippen LogP contribution in [-0.4, -0.2) is 36.6 Å². The predicted molar refractivity (Wildman–Crippen MR) is 84.9 cm³/mol. The lowest BCUT2D eigenvalue weighted by atomic mass is 9.97. The van der Waals surface area contributed by atoms with Crippen LogP contribution in [0.25, 0.3) is 0 Å². The Labute approximate surface area is 127 Å². The molecule has 3 heteroatoms. The van der Waals surface area contributed by atoms with E-state index >= 15 is 0 Å². The molecule has 2 aliphatic rings. The number of rotatable bonds is 6. The molecule has 2 nitrogen and oxygen atoms in total. The molecule has 1 aromatic rings. The molecule has 0 amide bonds. The SMILES string of the molecule is CC(Cc1cccc(F)c1)N(CC1CCCNC1)C1CC1. The molecule has 0 bridgehead atoms. The fraction of sp³-hybridized carbons (Fsp3) is 0.667. The third kappa shape index (κ3) is 4.27. The summed E-state index contributed by atoms with van der Waals surface area (Å²) in [5.74, 6) is 0.670. The molecule has 1 saturated carbocycles. The maximum absolute atomic E-state index is 13.3. The van der Waals surface area contributed by atoms with Gasteiger partial charge in [-0.3, -0.25) is 4.90 Å². The second-order valence-corrected chi connectivity index (χ2v) is 6.82. The third-order valence-corrected chi connectivity index (χ3v) is 4.87. The van der Waals surface area contributed by atoms with Crippen LogP contribution in [0.1, 0.15) is 38.2 Å². The molecule has 21 heavy (non-hydrogen) atoms. The van der Waals surface area contributed by atoms with Crippen molar-refractivity contribution in [3.05, 3.63) is 35.6 Å². The van der Waals surface area contributed by atoms with E-state index in [9.17, 15) is 4.39 Å². The first-order valence-electron chi connectivity index (χ1n) is 8.43. The molecule has 1 aromatic carbocycles. The molecule has 2 fully saturated rings. The molecule has 1 aliphatic heterocycles. The summed E-state index contributed by atoms with van der Waals surface area (Å²) >= 11 is 0. The van der Waals surface area contributed by atoms with Gasteiger partial charge in [0, 0.05) is 18.6 Å². The van der Waals surface area contributed by atoms with Crippen LogP contribution in [0.5, 0.6) is 0 Å². The van der Waals surface area contributed by atoms with E-state index in [-0.39, 0.29) is 5.82 Å². The van der Waals surface area contributed by atoms with E-state index < -0.39 is 0 Å². The molecule has 0 spiro atoms. The molecule has 1 aliphatic carbocycles. The molecule has 3 rings (SSSR count). The van der Waals surface area contributed by atoms with Crippen molar-refractivity contribution in [2.75, 3.05) is 19.6 Å². The number of halogens is 1. The summed E-state index contributed by atoms with van der Waals surface area (Å²) < 4.78 is 13.3. The maximum atomic E-state index is 13.3. The highest BCUT2D eigenvalue weighted by Crippen LogP contribution is 2.31. The monoisotopic (exact) mass is 290 g/mol. The van der Waals surface area contributed by atoms with Gasteiger partial charge in [-0.05, 0) is 75.7 Å². The van der Waals surface area contributed by atoms with Gasteiger partial charge >= 0.3 is 0 Å². The van der Waals surface area contributed by atoms with Gasteiger partial charge in [0.15, 0.2) is 0 Å². The molecular formula is C18H27FN2. The third-order valence-electron chi connectivity index (χ3n) is 4.87. The van der Waals surface area contributed by atoms with Gasteiger partial charge in [0.1, 0.15) is 5.82 Å². The smallest absolute Gasteiger partial charge is 0.123 e. The lowest BCUT2D eigenvalue weighted by Gasteiger charge is -2.34. The summed E-state index contributed by atoms with van der Waals surface area (Å²) in [5, 5.41) is 3.52. The number of hydrogen-bond donors (Lipinski definition) is 1.